The molecule has 1 aromatic heterocycles. The van der Waals surface area contributed by atoms with E-state index in [1.54, 1.807) is 24.3 Å². The van der Waals surface area contributed by atoms with E-state index in [0.717, 1.165) is 60.3 Å². The van der Waals surface area contributed by atoms with Crippen LogP contribution in [-0.2, 0) is 29.2 Å². The minimum Gasteiger partial charge on any atom is -0.506 e. The molecule has 5 N–H and O–H groups in total. The van der Waals surface area contributed by atoms with Gasteiger partial charge < -0.3 is 40.0 Å². The van der Waals surface area contributed by atoms with Crippen LogP contribution >= 0.6 is 0 Å². The predicted octanol–water partition coefficient (Wildman–Crippen LogP) is 6.95. The van der Waals surface area contributed by atoms with Gasteiger partial charge in [-0.15, -0.1) is 0 Å². The second kappa shape index (κ2) is 19.3. The lowest BCUT2D eigenvalue weighted by molar-refractivity contribution is -0.0331. The largest absolute Gasteiger partial charge is 0.506 e. The molecule has 0 unspecified atom stereocenters. The number of aromatic amines is 1. The molecule has 0 radical (unpaired) electrons. The zero-order valence-electron chi connectivity index (χ0n) is 33.8. The molecule has 2 bridgehead atoms. The average Bonchev–Trinajstić information content (AvgIpc) is 3.29. The molecule has 3 aliphatic rings. The number of nitrogens with one attached hydrogen (secondary N) is 3. The number of benzene rings is 5. The summed E-state index contributed by atoms with van der Waals surface area (Å²) in [6.45, 7) is 4.45. The molecule has 9 rings (SSSR count). The van der Waals surface area contributed by atoms with Crippen molar-refractivity contribution in [3.63, 3.8) is 0 Å². The fraction of sp³-hybridized carbons (Fsp3) is 0.286. The Kier molecular flexibility index (Phi) is 13.0. The Morgan fingerprint density at radius 3 is 2.34 bits per heavy atom. The summed E-state index contributed by atoms with van der Waals surface area (Å²) in [5.74, 6) is 0.519. The van der Waals surface area contributed by atoms with E-state index in [1.165, 1.54) is 12.1 Å². The van der Waals surface area contributed by atoms with Gasteiger partial charge in [-0.05, 0) is 102 Å². The van der Waals surface area contributed by atoms with Gasteiger partial charge >= 0.3 is 12.1 Å². The average molecular weight is 823 g/mol. The topological polar surface area (TPSA) is 162 Å². The lowest BCUT2D eigenvalue weighted by Crippen LogP contribution is -2.52. The number of aromatic nitrogens is 1. The number of pyridine rings is 1. The summed E-state index contributed by atoms with van der Waals surface area (Å²) in [5.41, 5.74) is 5.69. The Labute approximate surface area is 354 Å². The molecule has 0 aliphatic carbocycles. The number of ether oxygens (including phenoxy) is 3. The first-order valence-electron chi connectivity index (χ1n) is 20.8. The molecule has 314 valence electrons. The molecule has 6 aromatic rings. The first kappa shape index (κ1) is 41.3. The number of hydrogen-bond donors (Lipinski definition) is 5. The molecule has 12 nitrogen and oxygen atoms in total. The van der Waals surface area contributed by atoms with Crippen molar-refractivity contribution in [2.24, 2.45) is 5.92 Å². The number of alkyl carbamates (subject to hydrolysis) is 1. The number of H-pyrrole nitrogens is 1. The number of esters is 1. The van der Waals surface area contributed by atoms with E-state index in [-0.39, 0.29) is 48.1 Å². The highest BCUT2D eigenvalue weighted by atomic mass is 16.6. The number of phenolic OH excluding ortho intramolecular Hbond substituents is 1. The number of aromatic hydroxyl groups is 1. The predicted molar refractivity (Wildman–Crippen MR) is 231 cm³/mol. The molecular weight excluding hydrogens is 773 g/mol. The molecule has 4 heterocycles. The summed E-state index contributed by atoms with van der Waals surface area (Å²) in [6.07, 6.45) is 0.842. The van der Waals surface area contributed by atoms with Crippen molar-refractivity contribution in [2.45, 2.75) is 50.7 Å². The van der Waals surface area contributed by atoms with Crippen LogP contribution in [0.5, 0.6) is 11.5 Å². The van der Waals surface area contributed by atoms with Gasteiger partial charge in [-0.2, -0.15) is 0 Å². The van der Waals surface area contributed by atoms with Crippen LogP contribution in [0.3, 0.4) is 0 Å². The number of rotatable bonds is 16. The number of piperidine rings is 3. The van der Waals surface area contributed by atoms with Gasteiger partial charge in [0.1, 0.15) is 30.8 Å². The summed E-state index contributed by atoms with van der Waals surface area (Å²) in [7, 11) is 0. The Morgan fingerprint density at radius 1 is 0.787 bits per heavy atom. The zero-order chi connectivity index (χ0) is 42.1. The van der Waals surface area contributed by atoms with Crippen LogP contribution in [0.4, 0.5) is 4.79 Å². The van der Waals surface area contributed by atoms with Crippen LogP contribution in [0.25, 0.3) is 10.9 Å². The van der Waals surface area contributed by atoms with Crippen LogP contribution < -0.4 is 20.9 Å². The quantitative estimate of drug-likeness (QED) is 0.0647. The molecule has 61 heavy (non-hydrogen) atoms. The van der Waals surface area contributed by atoms with Crippen LogP contribution in [0.15, 0.2) is 132 Å². The van der Waals surface area contributed by atoms with Crippen LogP contribution in [0.1, 0.15) is 68.6 Å². The first-order chi connectivity index (χ1) is 29.8. The maximum absolute atomic E-state index is 13.0. The number of carbonyl (C=O) groups is 2. The maximum Gasteiger partial charge on any atom is 0.407 e. The highest BCUT2D eigenvalue weighted by Gasteiger charge is 2.36. The van der Waals surface area contributed by atoms with Crippen molar-refractivity contribution in [3.05, 3.63) is 177 Å². The van der Waals surface area contributed by atoms with Crippen molar-refractivity contribution >= 4 is 23.0 Å². The molecule has 0 saturated carbocycles. The number of amides is 1. The number of fused-ring (bicyclic) bond motifs is 4. The normalized spacial score (nSPS) is 18.0. The van der Waals surface area contributed by atoms with Gasteiger partial charge in [0.2, 0.25) is 5.56 Å². The summed E-state index contributed by atoms with van der Waals surface area (Å²) in [5, 5.41) is 27.9. The van der Waals surface area contributed by atoms with Gasteiger partial charge in [0.15, 0.2) is 0 Å². The fourth-order valence-electron chi connectivity index (χ4n) is 8.32. The third-order valence-electron chi connectivity index (χ3n) is 11.7. The summed E-state index contributed by atoms with van der Waals surface area (Å²) in [6, 6.07) is 38.8. The summed E-state index contributed by atoms with van der Waals surface area (Å²) < 4.78 is 17.7. The minimum absolute atomic E-state index is 0.0563. The minimum atomic E-state index is -0.882. The number of aliphatic hydroxyl groups is 1. The van der Waals surface area contributed by atoms with Crippen molar-refractivity contribution in [1.82, 2.24) is 20.5 Å². The monoisotopic (exact) mass is 822 g/mol. The van der Waals surface area contributed by atoms with E-state index >= 15 is 0 Å². The van der Waals surface area contributed by atoms with E-state index in [1.807, 2.05) is 78.9 Å². The van der Waals surface area contributed by atoms with Gasteiger partial charge in [-0.25, -0.2) is 9.59 Å². The van der Waals surface area contributed by atoms with Crippen LogP contribution in [0, 0.1) is 5.92 Å². The van der Waals surface area contributed by atoms with Crippen molar-refractivity contribution < 1.29 is 34.0 Å². The standard InChI is InChI=1S/C49H50N4O8/c54-43-18-16-40(41-17-19-46(56)52-47(41)43)44(55)28-50-26-33-6-4-7-34(24-33)31-60-48(57)37-14-12-32(13-15-37)30-59-39-11-5-10-38(25-39)42(35-8-2-1-3-9-35)27-51-49(58)61-45-29-53-22-20-36(45)21-23-53/h1-19,24-25,36,42,44-45,50,54-55H,20-23,26-31H2,(H,51,58)(H,52,56)/t42-,44-,45-/m0/s1. The van der Waals surface area contributed by atoms with Gasteiger partial charge in [-0.3, -0.25) is 9.69 Å². The SMILES string of the molecule is O=C(NC[C@@H](c1ccccc1)c1cccc(OCc2ccc(C(=O)OCc3cccc(CNC[C@H](O)c4ccc(O)c5[nH]c(=O)ccc45)c3)cc2)c1)O[C@H]1CN2CCC1CC2. The Morgan fingerprint density at radius 2 is 1.56 bits per heavy atom. The Hall–Kier alpha value is -6.47. The molecule has 1 amide bonds. The van der Waals surface area contributed by atoms with Crippen molar-refractivity contribution in [3.8, 4) is 11.5 Å². The van der Waals surface area contributed by atoms with Crippen molar-refractivity contribution in [1.29, 1.82) is 0 Å². The fourth-order valence-corrected chi connectivity index (χ4v) is 8.32. The molecule has 3 atom stereocenters. The molecule has 3 saturated heterocycles. The molecule has 12 heteroatoms. The van der Waals surface area contributed by atoms with Crippen LogP contribution in [-0.4, -0.2) is 71.0 Å². The third kappa shape index (κ3) is 10.5. The van der Waals surface area contributed by atoms with E-state index < -0.39 is 12.1 Å². The van der Waals surface area contributed by atoms with E-state index in [9.17, 15) is 24.6 Å². The first-order valence-corrected chi connectivity index (χ1v) is 20.8. The lowest BCUT2D eigenvalue weighted by atomic mass is 9.86. The zero-order valence-corrected chi connectivity index (χ0v) is 33.8. The second-order valence-corrected chi connectivity index (χ2v) is 15.8. The van der Waals surface area contributed by atoms with Gasteiger partial charge in [-0.1, -0.05) is 84.9 Å². The van der Waals surface area contributed by atoms with Crippen LogP contribution in [0.2, 0.25) is 0 Å². The molecule has 0 spiro atoms. The van der Waals surface area contributed by atoms with Gasteiger partial charge in [0.25, 0.3) is 0 Å². The molecule has 3 aliphatic heterocycles. The summed E-state index contributed by atoms with van der Waals surface area (Å²) >= 11 is 0. The molecule has 3 fully saturated rings. The van der Waals surface area contributed by atoms with Gasteiger partial charge in [0, 0.05) is 43.5 Å². The highest BCUT2D eigenvalue weighted by Crippen LogP contribution is 2.31. The Bertz CT molecular complexity index is 2500. The number of hydrogen-bond acceptors (Lipinski definition) is 10. The smallest absolute Gasteiger partial charge is 0.407 e. The Balaban J connectivity index is 0.807. The maximum atomic E-state index is 13.0. The summed E-state index contributed by atoms with van der Waals surface area (Å²) in [4.78, 5) is 42.7. The third-order valence-corrected chi connectivity index (χ3v) is 11.7. The molecule has 5 aromatic carbocycles. The van der Waals surface area contributed by atoms with E-state index in [4.69, 9.17) is 14.2 Å². The number of phenols is 1. The van der Waals surface area contributed by atoms with Crippen molar-refractivity contribution in [2.75, 3.05) is 32.7 Å². The number of carbonyl (C=O) groups excluding carboxylic acids is 2. The number of aliphatic hydroxyl groups excluding tert-OH is 1. The lowest BCUT2D eigenvalue weighted by Gasteiger charge is -2.43. The number of nitrogens with zero attached hydrogens (tertiary/aromatic N) is 1. The van der Waals surface area contributed by atoms with Gasteiger partial charge in [0.05, 0.1) is 17.2 Å². The highest BCUT2D eigenvalue weighted by molar-refractivity contribution is 5.89. The molecular formula is C49H50N4O8. The van der Waals surface area contributed by atoms with E-state index in [0.29, 0.717) is 47.9 Å². The van der Waals surface area contributed by atoms with E-state index in [2.05, 4.69) is 32.7 Å². The second-order valence-electron chi connectivity index (χ2n) is 15.8.